The minimum absolute atomic E-state index is 0.0151. The molecule has 4 rings (SSSR count). The lowest BCUT2D eigenvalue weighted by Gasteiger charge is -2.31. The second-order valence-corrected chi connectivity index (χ2v) is 9.81. The van der Waals surface area contributed by atoms with Crippen molar-refractivity contribution in [2.24, 2.45) is 5.92 Å². The van der Waals surface area contributed by atoms with Gasteiger partial charge in [0, 0.05) is 36.8 Å². The highest BCUT2D eigenvalue weighted by atomic mass is 32.2. The van der Waals surface area contributed by atoms with Gasteiger partial charge in [0.05, 0.1) is 18.8 Å². The van der Waals surface area contributed by atoms with Gasteiger partial charge in [-0.1, -0.05) is 48.5 Å². The lowest BCUT2D eigenvalue weighted by Crippen LogP contribution is -2.46. The predicted molar refractivity (Wildman–Crippen MR) is 134 cm³/mol. The van der Waals surface area contributed by atoms with Gasteiger partial charge in [0.1, 0.15) is 6.61 Å². The Labute approximate surface area is 208 Å². The Bertz CT molecular complexity index is 1020. The Morgan fingerprint density at radius 1 is 1.06 bits per heavy atom. The van der Waals surface area contributed by atoms with Crippen molar-refractivity contribution in [3.05, 3.63) is 59.7 Å². The standard InChI is InChI=1S/C26H30N2O6S/c29-24(28-23-9-11-33-14-17(23)13-25(30)31)16-35-12-10-27-26(32)34-15-22-20-7-3-1-5-18(20)19-6-2-4-8-21(19)22/h1-8,17,22-23H,9-16H2,(H,27,32)(H,28,29)(H,30,31). The van der Waals surface area contributed by atoms with Crippen LogP contribution in [0.4, 0.5) is 4.79 Å². The molecule has 0 bridgehead atoms. The summed E-state index contributed by atoms with van der Waals surface area (Å²) in [7, 11) is 0. The molecule has 0 radical (unpaired) electrons. The number of fused-ring (bicyclic) bond motifs is 3. The van der Waals surface area contributed by atoms with Crippen LogP contribution in [0, 0.1) is 5.92 Å². The van der Waals surface area contributed by atoms with Crippen LogP contribution in [-0.4, -0.2) is 67.0 Å². The van der Waals surface area contributed by atoms with E-state index in [0.29, 0.717) is 31.9 Å². The van der Waals surface area contributed by atoms with Crippen LogP contribution in [0.5, 0.6) is 0 Å². The van der Waals surface area contributed by atoms with Gasteiger partial charge in [-0.3, -0.25) is 9.59 Å². The van der Waals surface area contributed by atoms with Crippen LogP contribution in [0.15, 0.2) is 48.5 Å². The minimum Gasteiger partial charge on any atom is -0.481 e. The lowest BCUT2D eigenvalue weighted by atomic mass is 9.92. The fourth-order valence-electron chi connectivity index (χ4n) is 4.70. The second kappa shape index (κ2) is 12.1. The highest BCUT2D eigenvalue weighted by Gasteiger charge is 2.30. The van der Waals surface area contributed by atoms with E-state index in [2.05, 4.69) is 34.9 Å². The summed E-state index contributed by atoms with van der Waals surface area (Å²) in [4.78, 5) is 35.5. The van der Waals surface area contributed by atoms with Gasteiger partial charge in [-0.25, -0.2) is 4.79 Å². The van der Waals surface area contributed by atoms with Gasteiger partial charge in [0.15, 0.2) is 0 Å². The molecule has 2 aliphatic rings. The molecule has 1 heterocycles. The highest BCUT2D eigenvalue weighted by molar-refractivity contribution is 7.99. The number of amides is 2. The number of nitrogens with one attached hydrogen (secondary N) is 2. The quantitative estimate of drug-likeness (QED) is 0.431. The molecule has 0 saturated carbocycles. The molecule has 1 saturated heterocycles. The minimum atomic E-state index is -0.895. The maximum absolute atomic E-state index is 12.3. The molecule has 2 atom stereocenters. The third kappa shape index (κ3) is 6.55. The number of alkyl carbamates (subject to hydrolysis) is 1. The van der Waals surface area contributed by atoms with Gasteiger partial charge in [-0.05, 0) is 28.7 Å². The van der Waals surface area contributed by atoms with Gasteiger partial charge in [-0.2, -0.15) is 11.8 Å². The van der Waals surface area contributed by atoms with Crippen LogP contribution in [0.3, 0.4) is 0 Å². The Balaban J connectivity index is 1.14. The van der Waals surface area contributed by atoms with Gasteiger partial charge in [0.2, 0.25) is 5.91 Å². The molecule has 1 aliphatic carbocycles. The Hall–Kier alpha value is -3.04. The van der Waals surface area contributed by atoms with Gasteiger partial charge >= 0.3 is 12.1 Å². The summed E-state index contributed by atoms with van der Waals surface area (Å²) in [5, 5.41) is 14.7. The van der Waals surface area contributed by atoms with E-state index in [4.69, 9.17) is 14.6 Å². The van der Waals surface area contributed by atoms with E-state index in [1.807, 2.05) is 24.3 Å². The number of aliphatic carboxylic acids is 1. The summed E-state index contributed by atoms with van der Waals surface area (Å²) in [6, 6.07) is 16.2. The summed E-state index contributed by atoms with van der Waals surface area (Å²) in [5.74, 6) is -0.438. The number of benzene rings is 2. The second-order valence-electron chi connectivity index (χ2n) is 8.70. The van der Waals surface area contributed by atoms with Crippen molar-refractivity contribution in [3.63, 3.8) is 0 Å². The number of rotatable bonds is 10. The van der Waals surface area contributed by atoms with Crippen LogP contribution in [0.25, 0.3) is 11.1 Å². The largest absolute Gasteiger partial charge is 0.481 e. The SMILES string of the molecule is O=C(O)CC1COCCC1NC(=O)CSCCNC(=O)OCC1c2ccccc2-c2ccccc21. The van der Waals surface area contributed by atoms with E-state index in [1.54, 1.807) is 0 Å². The normalized spacial score (nSPS) is 18.9. The molecule has 0 aromatic heterocycles. The lowest BCUT2D eigenvalue weighted by molar-refractivity contribution is -0.140. The van der Waals surface area contributed by atoms with E-state index in [0.717, 1.165) is 11.1 Å². The maximum atomic E-state index is 12.3. The average Bonchev–Trinajstić information content (AvgIpc) is 3.17. The molecular formula is C26H30N2O6S. The number of ether oxygens (including phenoxy) is 2. The van der Waals surface area contributed by atoms with Crippen molar-refractivity contribution < 1.29 is 29.0 Å². The van der Waals surface area contributed by atoms with Crippen LogP contribution >= 0.6 is 11.8 Å². The zero-order chi connectivity index (χ0) is 24.6. The van der Waals surface area contributed by atoms with Crippen molar-refractivity contribution in [1.29, 1.82) is 0 Å². The molecule has 2 aromatic rings. The maximum Gasteiger partial charge on any atom is 0.407 e. The monoisotopic (exact) mass is 498 g/mol. The van der Waals surface area contributed by atoms with Gasteiger partial charge in [-0.15, -0.1) is 0 Å². The summed E-state index contributed by atoms with van der Waals surface area (Å²) in [5.41, 5.74) is 4.69. The van der Waals surface area contributed by atoms with Gasteiger partial charge < -0.3 is 25.2 Å². The summed E-state index contributed by atoms with van der Waals surface area (Å²) < 4.78 is 10.9. The molecule has 0 spiro atoms. The van der Waals surface area contributed by atoms with E-state index in [1.165, 1.54) is 22.9 Å². The molecular weight excluding hydrogens is 468 g/mol. The zero-order valence-corrected chi connectivity index (χ0v) is 20.2. The first kappa shape index (κ1) is 25.1. The average molecular weight is 499 g/mol. The first-order valence-corrected chi connectivity index (χ1v) is 12.9. The molecule has 8 nitrogen and oxygen atoms in total. The van der Waals surface area contributed by atoms with Crippen LogP contribution in [-0.2, 0) is 19.1 Å². The number of carbonyl (C=O) groups excluding carboxylic acids is 2. The molecule has 2 aromatic carbocycles. The molecule has 186 valence electrons. The smallest absolute Gasteiger partial charge is 0.407 e. The van der Waals surface area contributed by atoms with Crippen molar-refractivity contribution in [3.8, 4) is 11.1 Å². The van der Waals surface area contributed by atoms with Gasteiger partial charge in [0.25, 0.3) is 0 Å². The Morgan fingerprint density at radius 2 is 1.74 bits per heavy atom. The molecule has 2 unspecified atom stereocenters. The molecule has 3 N–H and O–H groups in total. The summed E-state index contributed by atoms with van der Waals surface area (Å²) >= 11 is 1.40. The van der Waals surface area contributed by atoms with Crippen molar-refractivity contribution in [1.82, 2.24) is 10.6 Å². The van der Waals surface area contributed by atoms with Crippen LogP contribution in [0.1, 0.15) is 29.9 Å². The summed E-state index contributed by atoms with van der Waals surface area (Å²) in [6.07, 6.45) is 0.107. The number of carboxylic acids is 1. The molecule has 9 heteroatoms. The number of thioether (sulfide) groups is 1. The zero-order valence-electron chi connectivity index (χ0n) is 19.4. The number of hydrogen-bond donors (Lipinski definition) is 3. The third-order valence-corrected chi connectivity index (χ3v) is 7.31. The van der Waals surface area contributed by atoms with E-state index < -0.39 is 12.1 Å². The molecule has 2 amide bonds. The number of hydrogen-bond acceptors (Lipinski definition) is 6. The van der Waals surface area contributed by atoms with Crippen molar-refractivity contribution >= 4 is 29.7 Å². The first-order chi connectivity index (χ1) is 17.0. The molecule has 35 heavy (non-hydrogen) atoms. The predicted octanol–water partition coefficient (Wildman–Crippen LogP) is 3.25. The van der Waals surface area contributed by atoms with Crippen molar-refractivity contribution in [2.75, 3.05) is 37.9 Å². The van der Waals surface area contributed by atoms with Crippen LogP contribution < -0.4 is 10.6 Å². The van der Waals surface area contributed by atoms with Crippen LogP contribution in [0.2, 0.25) is 0 Å². The topological polar surface area (TPSA) is 114 Å². The Morgan fingerprint density at radius 3 is 2.43 bits per heavy atom. The first-order valence-electron chi connectivity index (χ1n) is 11.8. The fourth-order valence-corrected chi connectivity index (χ4v) is 5.36. The van der Waals surface area contributed by atoms with Crippen molar-refractivity contribution in [2.45, 2.75) is 24.8 Å². The van der Waals surface area contributed by atoms with E-state index >= 15 is 0 Å². The van der Waals surface area contributed by atoms with E-state index in [9.17, 15) is 14.4 Å². The fraction of sp³-hybridized carbons (Fsp3) is 0.423. The highest BCUT2D eigenvalue weighted by Crippen LogP contribution is 2.44. The number of carbonyl (C=O) groups is 3. The number of carboxylic acid groups (broad SMARTS) is 1. The summed E-state index contributed by atoms with van der Waals surface area (Å²) in [6.45, 7) is 1.50. The third-order valence-electron chi connectivity index (χ3n) is 6.35. The Kier molecular flexibility index (Phi) is 8.65. The van der Waals surface area contributed by atoms with E-state index in [-0.39, 0.29) is 42.6 Å². The molecule has 1 aliphatic heterocycles. The molecule has 1 fully saturated rings.